The molecule has 5 rings (SSSR count). The molecule has 5 aromatic rings. The monoisotopic (exact) mass is 564 g/mol. The molecule has 0 spiro atoms. The number of aliphatic hydroxyl groups excluding tert-OH is 1. The van der Waals surface area contributed by atoms with E-state index in [-0.39, 0.29) is 27.7 Å². The molecule has 0 radical (unpaired) electrons. The van der Waals surface area contributed by atoms with Gasteiger partial charge in [-0.3, -0.25) is 4.79 Å². The molecular weight excluding hydrogens is 544 g/mol. The molecule has 5 N–H and O–H groups in total. The maximum Gasteiger partial charge on any atom is 0.346 e. The molecule has 9 heteroatoms. The van der Waals surface area contributed by atoms with Crippen molar-refractivity contribution in [2.45, 2.75) is 13.3 Å². The summed E-state index contributed by atoms with van der Waals surface area (Å²) in [4.78, 5) is 31.9. The van der Waals surface area contributed by atoms with Crippen LogP contribution in [-0.2, 0) is 6.42 Å². The molecule has 0 atom stereocenters. The number of rotatable bonds is 7. The highest BCUT2D eigenvalue weighted by molar-refractivity contribution is 9.10. The number of allylic oxidation sites excluding steroid dienone is 1. The zero-order valence-corrected chi connectivity index (χ0v) is 21.5. The topological polar surface area (TPSA) is 126 Å². The number of aromatic amines is 2. The molecule has 0 aliphatic carbocycles. The molecule has 2 aromatic carbocycles. The molecule has 0 amide bonds. The van der Waals surface area contributed by atoms with Crippen molar-refractivity contribution in [3.63, 3.8) is 0 Å². The van der Waals surface area contributed by atoms with Gasteiger partial charge in [-0.1, -0.05) is 45.8 Å². The molecule has 0 fully saturated rings. The van der Waals surface area contributed by atoms with Gasteiger partial charge in [-0.2, -0.15) is 0 Å². The van der Waals surface area contributed by atoms with E-state index in [1.54, 1.807) is 12.4 Å². The van der Waals surface area contributed by atoms with E-state index in [0.717, 1.165) is 43.4 Å². The molecule has 7 nitrogen and oxygen atoms in total. The van der Waals surface area contributed by atoms with E-state index in [1.807, 2.05) is 49.4 Å². The van der Waals surface area contributed by atoms with Gasteiger partial charge in [-0.15, -0.1) is 11.3 Å². The standard InChI is InChI=1S/C27H21BrN2O5S/c1-13(12-31)5-6-14-3-2-4-16-19(11-30-22(14)16)23(32)26-24(33)21(25(36-26)27(34)35)18-10-29-20-8-7-15(28)9-17(18)20/h2-5,7-11,29-31,33H,6,12H2,1H3,(H,34,35)/b13-5-. The van der Waals surface area contributed by atoms with Crippen LogP contribution in [0.1, 0.15) is 37.4 Å². The first kappa shape index (κ1) is 24.1. The Balaban J connectivity index is 1.63. The first-order valence-corrected chi connectivity index (χ1v) is 12.7. The fourth-order valence-corrected chi connectivity index (χ4v) is 5.69. The number of aromatic carboxylic acids is 1. The first-order valence-electron chi connectivity index (χ1n) is 11.1. The summed E-state index contributed by atoms with van der Waals surface area (Å²) in [7, 11) is 0. The van der Waals surface area contributed by atoms with E-state index in [9.17, 15) is 24.9 Å². The van der Waals surface area contributed by atoms with Gasteiger partial charge in [-0.05, 0) is 37.1 Å². The SMILES string of the molecule is C/C(=C/Cc1cccc2c(C(=O)c3sc(C(=O)O)c(-c4c[nH]c5ccc(Br)cc45)c3O)c[nH]c12)CO. The van der Waals surface area contributed by atoms with Gasteiger partial charge in [0.05, 0.1) is 12.2 Å². The van der Waals surface area contributed by atoms with Gasteiger partial charge in [0.25, 0.3) is 0 Å². The summed E-state index contributed by atoms with van der Waals surface area (Å²) in [5, 5.41) is 31.8. The predicted octanol–water partition coefficient (Wildman–Crippen LogP) is 6.26. The number of para-hydroxylation sites is 1. The summed E-state index contributed by atoms with van der Waals surface area (Å²) >= 11 is 4.20. The molecule has 0 aliphatic rings. The van der Waals surface area contributed by atoms with E-state index >= 15 is 0 Å². The van der Waals surface area contributed by atoms with Gasteiger partial charge in [0.1, 0.15) is 15.5 Å². The number of hydrogen-bond donors (Lipinski definition) is 5. The zero-order valence-electron chi connectivity index (χ0n) is 19.1. The minimum atomic E-state index is -1.22. The number of benzene rings is 2. The summed E-state index contributed by atoms with van der Waals surface area (Å²) < 4.78 is 0.803. The van der Waals surface area contributed by atoms with Crippen molar-refractivity contribution >= 4 is 60.8 Å². The number of H-pyrrole nitrogens is 2. The molecule has 36 heavy (non-hydrogen) atoms. The second-order valence-electron chi connectivity index (χ2n) is 8.47. The van der Waals surface area contributed by atoms with Gasteiger partial charge < -0.3 is 25.3 Å². The molecule has 3 aromatic heterocycles. The maximum atomic E-state index is 13.6. The number of thiophene rings is 1. The predicted molar refractivity (Wildman–Crippen MR) is 144 cm³/mol. The number of fused-ring (bicyclic) bond motifs is 2. The van der Waals surface area contributed by atoms with Crippen molar-refractivity contribution in [3.05, 3.63) is 85.8 Å². The van der Waals surface area contributed by atoms with Crippen molar-refractivity contribution in [1.82, 2.24) is 9.97 Å². The van der Waals surface area contributed by atoms with E-state index in [2.05, 4.69) is 25.9 Å². The van der Waals surface area contributed by atoms with Crippen LogP contribution in [0.3, 0.4) is 0 Å². The zero-order chi connectivity index (χ0) is 25.6. The number of aliphatic hydroxyl groups is 1. The molecule has 0 saturated heterocycles. The highest BCUT2D eigenvalue weighted by Crippen LogP contribution is 2.46. The number of carboxylic acids is 1. The van der Waals surface area contributed by atoms with E-state index in [1.165, 1.54) is 0 Å². The summed E-state index contributed by atoms with van der Waals surface area (Å²) in [5.74, 6) is -2.03. The van der Waals surface area contributed by atoms with Crippen LogP contribution in [0.25, 0.3) is 32.9 Å². The van der Waals surface area contributed by atoms with Crippen molar-refractivity contribution in [3.8, 4) is 16.9 Å². The third-order valence-electron chi connectivity index (χ3n) is 6.16. The second-order valence-corrected chi connectivity index (χ2v) is 10.4. The minimum absolute atomic E-state index is 0.0241. The lowest BCUT2D eigenvalue weighted by atomic mass is 10.0. The van der Waals surface area contributed by atoms with Crippen LogP contribution < -0.4 is 0 Å². The highest BCUT2D eigenvalue weighted by atomic mass is 79.9. The summed E-state index contributed by atoms with van der Waals surface area (Å²) in [6.07, 6.45) is 5.72. The minimum Gasteiger partial charge on any atom is -0.506 e. The summed E-state index contributed by atoms with van der Waals surface area (Å²) in [6.45, 7) is 1.82. The summed E-state index contributed by atoms with van der Waals surface area (Å²) in [5.41, 5.74) is 4.31. The number of carbonyl (C=O) groups excluding carboxylic acids is 1. The van der Waals surface area contributed by atoms with Gasteiger partial charge in [0.2, 0.25) is 5.78 Å². The van der Waals surface area contributed by atoms with Crippen molar-refractivity contribution < 1.29 is 24.9 Å². The van der Waals surface area contributed by atoms with Crippen LogP contribution >= 0.6 is 27.3 Å². The Kier molecular flexibility index (Phi) is 6.29. The van der Waals surface area contributed by atoms with Crippen molar-refractivity contribution in [1.29, 1.82) is 0 Å². The molecule has 0 unspecified atom stereocenters. The third kappa shape index (κ3) is 4.05. The molecule has 182 valence electrons. The van der Waals surface area contributed by atoms with Crippen LogP contribution in [0.15, 0.2) is 64.9 Å². The number of halogens is 1. The molecular formula is C27H21BrN2O5S. The number of nitrogens with one attached hydrogen (secondary N) is 2. The van der Waals surface area contributed by atoms with Crippen LogP contribution in [0.2, 0.25) is 0 Å². The Morgan fingerprint density at radius 3 is 2.64 bits per heavy atom. The Labute approximate surface area is 217 Å². The molecule has 0 bridgehead atoms. The summed E-state index contributed by atoms with van der Waals surface area (Å²) in [6, 6.07) is 11.1. The first-order chi connectivity index (χ1) is 17.3. The third-order valence-corrected chi connectivity index (χ3v) is 7.82. The van der Waals surface area contributed by atoms with Gasteiger partial charge in [0, 0.05) is 49.8 Å². The average Bonchev–Trinajstić information content (AvgIpc) is 3.57. The average molecular weight is 565 g/mol. The lowest BCUT2D eigenvalue weighted by Crippen LogP contribution is -1.98. The van der Waals surface area contributed by atoms with Gasteiger partial charge in [0.15, 0.2) is 0 Å². The number of carbonyl (C=O) groups is 2. The van der Waals surface area contributed by atoms with Crippen LogP contribution in [0.4, 0.5) is 0 Å². The van der Waals surface area contributed by atoms with Crippen LogP contribution in [0, 0.1) is 0 Å². The van der Waals surface area contributed by atoms with Gasteiger partial charge >= 0.3 is 5.97 Å². The number of ketones is 1. The number of carboxylic acid groups (broad SMARTS) is 1. The lowest BCUT2D eigenvalue weighted by molar-refractivity contribution is 0.0702. The Bertz CT molecular complexity index is 1690. The quantitative estimate of drug-likeness (QED) is 0.118. The van der Waals surface area contributed by atoms with E-state index in [0.29, 0.717) is 22.9 Å². The maximum absolute atomic E-state index is 13.6. The van der Waals surface area contributed by atoms with E-state index < -0.39 is 11.8 Å². The fraction of sp³-hybridized carbons (Fsp3) is 0.111. The Morgan fingerprint density at radius 1 is 1.08 bits per heavy atom. The number of hydrogen-bond acceptors (Lipinski definition) is 5. The second kappa shape index (κ2) is 9.42. The van der Waals surface area contributed by atoms with Crippen LogP contribution in [0.5, 0.6) is 5.75 Å². The number of aromatic nitrogens is 2. The molecule has 0 aliphatic heterocycles. The largest absolute Gasteiger partial charge is 0.506 e. The Hall–Kier alpha value is -3.66. The van der Waals surface area contributed by atoms with E-state index in [4.69, 9.17) is 0 Å². The van der Waals surface area contributed by atoms with Crippen molar-refractivity contribution in [2.75, 3.05) is 6.61 Å². The fourth-order valence-electron chi connectivity index (χ4n) is 4.32. The van der Waals surface area contributed by atoms with Gasteiger partial charge in [-0.25, -0.2) is 4.79 Å². The lowest BCUT2D eigenvalue weighted by Gasteiger charge is -2.03. The van der Waals surface area contributed by atoms with Crippen molar-refractivity contribution in [2.24, 2.45) is 0 Å². The number of aromatic hydroxyl groups is 1. The van der Waals surface area contributed by atoms with Crippen LogP contribution in [-0.4, -0.2) is 43.6 Å². The Morgan fingerprint density at radius 2 is 1.89 bits per heavy atom. The smallest absolute Gasteiger partial charge is 0.346 e. The molecule has 3 heterocycles. The highest BCUT2D eigenvalue weighted by Gasteiger charge is 2.30. The molecule has 0 saturated carbocycles. The normalized spacial score (nSPS) is 12.0.